The molecule has 1 aliphatic heterocycles. The van der Waals surface area contributed by atoms with Crippen molar-refractivity contribution in [1.82, 2.24) is 19.9 Å². The van der Waals surface area contributed by atoms with Crippen LogP contribution in [0.2, 0.25) is 0 Å². The van der Waals surface area contributed by atoms with Gasteiger partial charge in [0.05, 0.1) is 6.54 Å². The van der Waals surface area contributed by atoms with Crippen LogP contribution in [0.5, 0.6) is 0 Å². The van der Waals surface area contributed by atoms with Crippen LogP contribution in [-0.2, 0) is 6.54 Å². The molecule has 1 saturated heterocycles. The number of nitrogens with zero attached hydrogens (tertiary/aromatic N) is 4. The number of rotatable bonds is 4. The fourth-order valence-corrected chi connectivity index (χ4v) is 3.99. The molecule has 1 aliphatic rings. The van der Waals surface area contributed by atoms with Crippen molar-refractivity contribution in [3.05, 3.63) is 57.6 Å². The third kappa shape index (κ3) is 3.94. The normalized spacial score (nSPS) is 15.3. The maximum atomic E-state index is 12.8. The quantitative estimate of drug-likeness (QED) is 0.692. The molecule has 0 unspecified atom stereocenters. The predicted octanol–water partition coefficient (Wildman–Crippen LogP) is 3.37. The van der Waals surface area contributed by atoms with Crippen molar-refractivity contribution in [1.29, 1.82) is 0 Å². The molecular formula is C20H22N4O2S. The van der Waals surface area contributed by atoms with Crippen LogP contribution in [0.1, 0.15) is 27.4 Å². The molecule has 0 bridgehead atoms. The number of hydrogen-bond donors (Lipinski definition) is 0. The Morgan fingerprint density at radius 3 is 2.70 bits per heavy atom. The summed E-state index contributed by atoms with van der Waals surface area (Å²) in [6.07, 6.45) is 0. The first-order chi connectivity index (χ1) is 13.1. The molecule has 140 valence electrons. The molecule has 0 aliphatic carbocycles. The monoisotopic (exact) mass is 382 g/mol. The fraction of sp³-hybridized carbons (Fsp3) is 0.350. The lowest BCUT2D eigenvalue weighted by Crippen LogP contribution is -2.48. The topological polar surface area (TPSA) is 62.5 Å². The Hall–Kier alpha value is -2.51. The van der Waals surface area contributed by atoms with E-state index >= 15 is 0 Å². The highest BCUT2D eigenvalue weighted by molar-refractivity contribution is 7.08. The van der Waals surface area contributed by atoms with E-state index < -0.39 is 0 Å². The van der Waals surface area contributed by atoms with E-state index in [-0.39, 0.29) is 5.91 Å². The molecule has 0 N–H and O–H groups in total. The van der Waals surface area contributed by atoms with E-state index in [2.05, 4.69) is 21.1 Å². The summed E-state index contributed by atoms with van der Waals surface area (Å²) < 4.78 is 5.38. The lowest BCUT2D eigenvalue weighted by atomic mass is 10.0. The lowest BCUT2D eigenvalue weighted by Gasteiger charge is -2.34. The van der Waals surface area contributed by atoms with Gasteiger partial charge in [0.1, 0.15) is 0 Å². The molecule has 1 fully saturated rings. The van der Waals surface area contributed by atoms with E-state index in [1.807, 2.05) is 47.7 Å². The predicted molar refractivity (Wildman–Crippen MR) is 105 cm³/mol. The molecule has 0 atom stereocenters. The van der Waals surface area contributed by atoms with Gasteiger partial charge in [-0.25, -0.2) is 0 Å². The minimum absolute atomic E-state index is 0.115. The van der Waals surface area contributed by atoms with Gasteiger partial charge in [0.25, 0.3) is 5.91 Å². The highest BCUT2D eigenvalue weighted by Gasteiger charge is 2.24. The van der Waals surface area contributed by atoms with Gasteiger partial charge in [-0.1, -0.05) is 22.9 Å². The number of carbonyl (C=O) groups is 1. The Morgan fingerprint density at radius 2 is 2.00 bits per heavy atom. The fourth-order valence-electron chi connectivity index (χ4n) is 3.35. The van der Waals surface area contributed by atoms with Gasteiger partial charge in [0.15, 0.2) is 0 Å². The maximum Gasteiger partial charge on any atom is 0.254 e. The molecule has 0 spiro atoms. The van der Waals surface area contributed by atoms with Crippen molar-refractivity contribution in [2.75, 3.05) is 26.2 Å². The second-order valence-corrected chi connectivity index (χ2v) is 7.69. The Balaban J connectivity index is 1.34. The van der Waals surface area contributed by atoms with E-state index in [0.717, 1.165) is 29.8 Å². The molecule has 3 aromatic rings. The van der Waals surface area contributed by atoms with Gasteiger partial charge >= 0.3 is 0 Å². The van der Waals surface area contributed by atoms with Gasteiger partial charge in [0, 0.05) is 42.7 Å². The molecule has 1 aromatic carbocycles. The van der Waals surface area contributed by atoms with Gasteiger partial charge in [-0.3, -0.25) is 9.69 Å². The molecule has 3 heterocycles. The van der Waals surface area contributed by atoms with Crippen LogP contribution >= 0.6 is 11.3 Å². The number of piperazine rings is 1. The zero-order valence-electron chi connectivity index (χ0n) is 15.5. The van der Waals surface area contributed by atoms with Crippen LogP contribution in [0, 0.1) is 13.8 Å². The Labute approximate surface area is 162 Å². The summed E-state index contributed by atoms with van der Waals surface area (Å²) in [5.41, 5.74) is 4.00. The Bertz CT molecular complexity index is 927. The number of carbonyl (C=O) groups excluding carboxylic acids is 1. The van der Waals surface area contributed by atoms with E-state index in [1.165, 1.54) is 5.56 Å². The van der Waals surface area contributed by atoms with Crippen molar-refractivity contribution in [2.45, 2.75) is 20.4 Å². The van der Waals surface area contributed by atoms with Gasteiger partial charge in [0.2, 0.25) is 11.7 Å². The minimum Gasteiger partial charge on any atom is -0.338 e. The highest BCUT2D eigenvalue weighted by Crippen LogP contribution is 2.20. The largest absolute Gasteiger partial charge is 0.338 e. The van der Waals surface area contributed by atoms with Crippen LogP contribution in [-0.4, -0.2) is 52.0 Å². The van der Waals surface area contributed by atoms with Crippen LogP contribution < -0.4 is 0 Å². The van der Waals surface area contributed by atoms with Crippen LogP contribution in [0.4, 0.5) is 0 Å². The number of benzene rings is 1. The highest BCUT2D eigenvalue weighted by atomic mass is 32.1. The molecule has 0 radical (unpaired) electrons. The molecule has 27 heavy (non-hydrogen) atoms. The molecule has 2 aromatic heterocycles. The van der Waals surface area contributed by atoms with Gasteiger partial charge in [-0.2, -0.15) is 16.3 Å². The van der Waals surface area contributed by atoms with Crippen LogP contribution in [0.3, 0.4) is 0 Å². The third-order valence-corrected chi connectivity index (χ3v) is 5.56. The maximum absolute atomic E-state index is 12.8. The molecular weight excluding hydrogens is 360 g/mol. The zero-order chi connectivity index (χ0) is 18.8. The zero-order valence-corrected chi connectivity index (χ0v) is 16.3. The van der Waals surface area contributed by atoms with E-state index in [9.17, 15) is 4.79 Å². The van der Waals surface area contributed by atoms with Gasteiger partial charge in [-0.05, 0) is 36.9 Å². The first-order valence-electron chi connectivity index (χ1n) is 9.04. The second kappa shape index (κ2) is 7.62. The molecule has 1 amide bonds. The molecule has 4 rings (SSSR count). The lowest BCUT2D eigenvalue weighted by molar-refractivity contribution is 0.0614. The SMILES string of the molecule is Cc1ccc(C(=O)N2CCN(Cc3nc(-c4ccsc4)no3)CC2)c(C)c1. The van der Waals surface area contributed by atoms with Crippen molar-refractivity contribution < 1.29 is 9.32 Å². The van der Waals surface area contributed by atoms with Crippen LogP contribution in [0.25, 0.3) is 11.4 Å². The smallest absolute Gasteiger partial charge is 0.254 e. The van der Waals surface area contributed by atoms with Crippen molar-refractivity contribution >= 4 is 17.2 Å². The van der Waals surface area contributed by atoms with E-state index in [0.29, 0.717) is 31.3 Å². The Kier molecular flexibility index (Phi) is 5.05. The van der Waals surface area contributed by atoms with Crippen LogP contribution in [0.15, 0.2) is 39.5 Å². The Morgan fingerprint density at radius 1 is 1.19 bits per heavy atom. The van der Waals surface area contributed by atoms with Gasteiger partial charge in [-0.15, -0.1) is 0 Å². The average molecular weight is 382 g/mol. The third-order valence-electron chi connectivity index (χ3n) is 4.88. The number of aromatic nitrogens is 2. The van der Waals surface area contributed by atoms with E-state index in [1.54, 1.807) is 11.3 Å². The first-order valence-corrected chi connectivity index (χ1v) is 9.98. The summed E-state index contributed by atoms with van der Waals surface area (Å²) in [6.45, 7) is 7.66. The summed E-state index contributed by atoms with van der Waals surface area (Å²) in [7, 11) is 0. The summed E-state index contributed by atoms with van der Waals surface area (Å²) >= 11 is 1.61. The van der Waals surface area contributed by atoms with Crippen molar-refractivity contribution in [2.24, 2.45) is 0 Å². The number of hydrogen-bond acceptors (Lipinski definition) is 6. The van der Waals surface area contributed by atoms with Crippen molar-refractivity contribution in [3.63, 3.8) is 0 Å². The number of thiophene rings is 1. The molecule has 6 nitrogen and oxygen atoms in total. The van der Waals surface area contributed by atoms with E-state index in [4.69, 9.17) is 4.52 Å². The summed E-state index contributed by atoms with van der Waals surface area (Å²) in [4.78, 5) is 21.5. The summed E-state index contributed by atoms with van der Waals surface area (Å²) in [6, 6.07) is 7.97. The first kappa shape index (κ1) is 17.9. The molecule has 7 heteroatoms. The average Bonchev–Trinajstić information content (AvgIpc) is 3.33. The molecule has 0 saturated carbocycles. The van der Waals surface area contributed by atoms with Gasteiger partial charge < -0.3 is 9.42 Å². The number of aryl methyl sites for hydroxylation is 2. The summed E-state index contributed by atoms with van der Waals surface area (Å²) in [5, 5.41) is 8.06. The number of amides is 1. The summed E-state index contributed by atoms with van der Waals surface area (Å²) in [5.74, 6) is 1.37. The minimum atomic E-state index is 0.115. The second-order valence-electron chi connectivity index (χ2n) is 6.91. The van der Waals surface area contributed by atoms with Crippen molar-refractivity contribution in [3.8, 4) is 11.4 Å². The standard InChI is InChI=1S/C20H22N4O2S/c1-14-3-4-17(15(2)11-14)20(25)24-8-6-23(7-9-24)12-18-21-19(22-26-18)16-5-10-27-13-16/h3-5,10-11,13H,6-9,12H2,1-2H3.